The molecule has 1 amide bonds. The normalized spacial score (nSPS) is 11.3. The van der Waals surface area contributed by atoms with Crippen molar-refractivity contribution in [2.75, 3.05) is 11.1 Å². The van der Waals surface area contributed by atoms with E-state index in [0.717, 1.165) is 0 Å². The Morgan fingerprint density at radius 1 is 1.41 bits per heavy atom. The van der Waals surface area contributed by atoms with Crippen LogP contribution in [0.25, 0.3) is 0 Å². The highest BCUT2D eigenvalue weighted by molar-refractivity contribution is 9.10. The van der Waals surface area contributed by atoms with Gasteiger partial charge >= 0.3 is 6.18 Å². The van der Waals surface area contributed by atoms with Gasteiger partial charge in [0, 0.05) is 22.3 Å². The number of nitrogen functional groups attached to an aromatic ring is 1. The SMILES string of the molecule is Nc1ccc(NC(=O)CCC(F)(F)F)cc1Br. The van der Waals surface area contributed by atoms with Crippen LogP contribution in [-0.2, 0) is 4.79 Å². The Morgan fingerprint density at radius 3 is 2.59 bits per heavy atom. The molecular weight excluding hydrogens is 301 g/mol. The lowest BCUT2D eigenvalue weighted by Crippen LogP contribution is -2.16. The van der Waals surface area contributed by atoms with Crippen LogP contribution in [0.1, 0.15) is 12.8 Å². The zero-order valence-electron chi connectivity index (χ0n) is 8.64. The van der Waals surface area contributed by atoms with E-state index in [-0.39, 0.29) is 0 Å². The van der Waals surface area contributed by atoms with Crippen molar-refractivity contribution < 1.29 is 18.0 Å². The van der Waals surface area contributed by atoms with E-state index in [4.69, 9.17) is 5.73 Å². The summed E-state index contributed by atoms with van der Waals surface area (Å²) >= 11 is 3.15. The Balaban J connectivity index is 2.54. The molecule has 0 atom stereocenters. The molecule has 0 saturated heterocycles. The van der Waals surface area contributed by atoms with Crippen LogP contribution in [0.5, 0.6) is 0 Å². The largest absolute Gasteiger partial charge is 0.398 e. The Morgan fingerprint density at radius 2 is 2.06 bits per heavy atom. The number of nitrogens with one attached hydrogen (secondary N) is 1. The van der Waals surface area contributed by atoms with Crippen molar-refractivity contribution in [3.05, 3.63) is 22.7 Å². The lowest BCUT2D eigenvalue weighted by atomic mass is 10.2. The molecular formula is C10H10BrF3N2O. The molecule has 1 aromatic carbocycles. The number of anilines is 2. The quantitative estimate of drug-likeness (QED) is 0.842. The Kier molecular flexibility index (Phi) is 4.39. The van der Waals surface area contributed by atoms with Crippen molar-refractivity contribution in [2.45, 2.75) is 19.0 Å². The first kappa shape index (κ1) is 13.8. The maximum Gasteiger partial charge on any atom is 0.389 e. The standard InChI is InChI=1S/C10H10BrF3N2O/c11-7-5-6(1-2-8(7)15)16-9(17)3-4-10(12,13)14/h1-2,5H,3-4,15H2,(H,16,17). The van der Waals surface area contributed by atoms with Gasteiger partial charge in [0.15, 0.2) is 0 Å². The van der Waals surface area contributed by atoms with E-state index in [0.29, 0.717) is 15.8 Å². The van der Waals surface area contributed by atoms with Gasteiger partial charge in [0.25, 0.3) is 0 Å². The lowest BCUT2D eigenvalue weighted by molar-refractivity contribution is -0.142. The molecule has 1 rings (SSSR count). The minimum absolute atomic E-state index is 0.401. The maximum absolute atomic E-state index is 11.9. The molecule has 7 heteroatoms. The summed E-state index contributed by atoms with van der Waals surface area (Å²) in [5.41, 5.74) is 6.41. The van der Waals surface area contributed by atoms with Crippen molar-refractivity contribution in [3.63, 3.8) is 0 Å². The van der Waals surface area contributed by atoms with Gasteiger partial charge in [0.05, 0.1) is 6.42 Å². The number of halogens is 4. The van der Waals surface area contributed by atoms with Gasteiger partial charge < -0.3 is 11.1 Å². The smallest absolute Gasteiger partial charge is 0.389 e. The van der Waals surface area contributed by atoms with Gasteiger partial charge in [-0.3, -0.25) is 4.79 Å². The van der Waals surface area contributed by atoms with E-state index >= 15 is 0 Å². The minimum Gasteiger partial charge on any atom is -0.398 e. The van der Waals surface area contributed by atoms with Crippen molar-refractivity contribution in [2.24, 2.45) is 0 Å². The van der Waals surface area contributed by atoms with E-state index < -0.39 is 24.9 Å². The molecule has 0 unspecified atom stereocenters. The average Bonchev–Trinajstić information content (AvgIpc) is 2.20. The predicted molar refractivity (Wildman–Crippen MR) is 62.5 cm³/mol. The number of benzene rings is 1. The summed E-state index contributed by atoms with van der Waals surface area (Å²) in [6.45, 7) is 0. The third-order valence-corrected chi connectivity index (χ3v) is 2.61. The Labute approximate surface area is 104 Å². The van der Waals surface area contributed by atoms with E-state index in [2.05, 4.69) is 21.2 Å². The van der Waals surface area contributed by atoms with Crippen LogP contribution in [0.2, 0.25) is 0 Å². The summed E-state index contributed by atoms with van der Waals surface area (Å²) in [6.07, 6.45) is -6.04. The number of amides is 1. The van der Waals surface area contributed by atoms with Gasteiger partial charge in [-0.15, -0.1) is 0 Å². The zero-order chi connectivity index (χ0) is 13.1. The molecule has 94 valence electrons. The summed E-state index contributed by atoms with van der Waals surface area (Å²) in [6, 6.07) is 4.59. The van der Waals surface area contributed by atoms with Gasteiger partial charge in [0.2, 0.25) is 5.91 Å². The highest BCUT2D eigenvalue weighted by atomic mass is 79.9. The second-order valence-electron chi connectivity index (χ2n) is 3.40. The van der Waals surface area contributed by atoms with E-state index in [9.17, 15) is 18.0 Å². The fraction of sp³-hybridized carbons (Fsp3) is 0.300. The monoisotopic (exact) mass is 310 g/mol. The number of alkyl halides is 3. The first-order valence-corrected chi connectivity index (χ1v) is 5.49. The van der Waals surface area contributed by atoms with E-state index in [1.54, 1.807) is 6.07 Å². The van der Waals surface area contributed by atoms with Crippen LogP contribution < -0.4 is 11.1 Å². The molecule has 0 aromatic heterocycles. The van der Waals surface area contributed by atoms with Crippen LogP contribution in [0.3, 0.4) is 0 Å². The molecule has 0 aliphatic carbocycles. The second kappa shape index (κ2) is 5.39. The fourth-order valence-corrected chi connectivity index (χ4v) is 1.46. The van der Waals surface area contributed by atoms with Crippen LogP contribution in [0.4, 0.5) is 24.5 Å². The number of carbonyl (C=O) groups is 1. The lowest BCUT2D eigenvalue weighted by Gasteiger charge is -2.08. The number of hydrogen-bond acceptors (Lipinski definition) is 2. The van der Waals surface area contributed by atoms with Crippen LogP contribution >= 0.6 is 15.9 Å². The summed E-state index contributed by atoms with van der Waals surface area (Å²) in [4.78, 5) is 11.2. The van der Waals surface area contributed by atoms with Gasteiger partial charge in [-0.2, -0.15) is 13.2 Å². The maximum atomic E-state index is 11.9. The highest BCUT2D eigenvalue weighted by Crippen LogP contribution is 2.24. The number of rotatable bonds is 3. The molecule has 0 heterocycles. The third kappa shape index (κ3) is 5.08. The highest BCUT2D eigenvalue weighted by Gasteiger charge is 2.27. The predicted octanol–water partition coefficient (Wildman–Crippen LogP) is 3.31. The summed E-state index contributed by atoms with van der Waals surface area (Å²) in [5, 5.41) is 2.36. The van der Waals surface area contributed by atoms with Crippen molar-refractivity contribution in [1.29, 1.82) is 0 Å². The summed E-state index contributed by atoms with van der Waals surface area (Å²) in [7, 11) is 0. The Hall–Kier alpha value is -1.24. The van der Waals surface area contributed by atoms with Gasteiger partial charge in [-0.05, 0) is 34.1 Å². The second-order valence-corrected chi connectivity index (χ2v) is 4.25. The molecule has 0 spiro atoms. The number of carbonyl (C=O) groups excluding carboxylic acids is 1. The minimum atomic E-state index is -4.32. The van der Waals surface area contributed by atoms with Crippen molar-refractivity contribution >= 4 is 33.2 Å². The molecule has 0 aliphatic heterocycles. The van der Waals surface area contributed by atoms with E-state index in [1.165, 1.54) is 12.1 Å². The van der Waals surface area contributed by atoms with Gasteiger partial charge in [-0.25, -0.2) is 0 Å². The fourth-order valence-electron chi connectivity index (χ4n) is 1.08. The van der Waals surface area contributed by atoms with Crippen molar-refractivity contribution in [3.8, 4) is 0 Å². The molecule has 3 N–H and O–H groups in total. The molecule has 0 aliphatic rings. The van der Waals surface area contributed by atoms with Crippen LogP contribution in [0.15, 0.2) is 22.7 Å². The molecule has 3 nitrogen and oxygen atoms in total. The molecule has 0 bridgehead atoms. The average molecular weight is 311 g/mol. The van der Waals surface area contributed by atoms with Gasteiger partial charge in [0.1, 0.15) is 0 Å². The third-order valence-electron chi connectivity index (χ3n) is 1.92. The van der Waals surface area contributed by atoms with Gasteiger partial charge in [-0.1, -0.05) is 0 Å². The zero-order valence-corrected chi connectivity index (χ0v) is 10.2. The van der Waals surface area contributed by atoms with Crippen molar-refractivity contribution in [1.82, 2.24) is 0 Å². The number of nitrogens with two attached hydrogens (primary N) is 1. The molecule has 0 radical (unpaired) electrons. The topological polar surface area (TPSA) is 55.1 Å². The van der Waals surface area contributed by atoms with E-state index in [1.807, 2.05) is 0 Å². The summed E-state index contributed by atoms with van der Waals surface area (Å²) in [5.74, 6) is -0.681. The molecule has 0 saturated carbocycles. The molecule has 1 aromatic rings. The Bertz CT molecular complexity index is 421. The van der Waals surface area contributed by atoms with Crippen LogP contribution in [-0.4, -0.2) is 12.1 Å². The van der Waals surface area contributed by atoms with Crippen LogP contribution in [0, 0.1) is 0 Å². The molecule has 0 fully saturated rings. The first-order valence-electron chi connectivity index (χ1n) is 4.69. The first-order chi connectivity index (χ1) is 7.78. The number of hydrogen-bond donors (Lipinski definition) is 2. The molecule has 17 heavy (non-hydrogen) atoms. The summed E-state index contributed by atoms with van der Waals surface area (Å²) < 4.78 is 36.2.